The number of carbonyl (C=O) groups is 2. The fraction of sp³-hybridized carbons (Fsp3) is 0.643. The number of aromatic nitrogens is 2. The molecule has 1 amide bonds. The van der Waals surface area contributed by atoms with E-state index in [2.05, 4.69) is 4.98 Å². The Bertz CT molecular complexity index is 500. The molecular formula is C14H21N3O4. The molecule has 0 spiro atoms. The largest absolute Gasteiger partial charge is 0.481 e. The number of aryl methyl sites for hydroxylation is 2. The minimum atomic E-state index is -0.905. The Morgan fingerprint density at radius 3 is 3.00 bits per heavy atom. The highest BCUT2D eigenvalue weighted by molar-refractivity contribution is 5.77. The summed E-state index contributed by atoms with van der Waals surface area (Å²) in [5.41, 5.74) is 0. The van der Waals surface area contributed by atoms with Gasteiger partial charge in [-0.2, -0.15) is 0 Å². The van der Waals surface area contributed by atoms with Crippen LogP contribution in [0.1, 0.15) is 25.1 Å². The summed E-state index contributed by atoms with van der Waals surface area (Å²) in [7, 11) is 0. The van der Waals surface area contributed by atoms with Gasteiger partial charge in [-0.15, -0.1) is 0 Å². The Balaban J connectivity index is 1.83. The first-order chi connectivity index (χ1) is 10.1. The van der Waals surface area contributed by atoms with Crippen LogP contribution in [-0.2, 0) is 20.9 Å². The van der Waals surface area contributed by atoms with Crippen LogP contribution in [0.25, 0.3) is 0 Å². The van der Waals surface area contributed by atoms with Crippen molar-refractivity contribution in [2.24, 2.45) is 0 Å². The summed E-state index contributed by atoms with van der Waals surface area (Å²) in [6.45, 7) is 3.92. The second-order valence-corrected chi connectivity index (χ2v) is 5.19. The molecule has 1 atom stereocenters. The minimum absolute atomic E-state index is 0.00215. The summed E-state index contributed by atoms with van der Waals surface area (Å²) >= 11 is 0. The van der Waals surface area contributed by atoms with E-state index < -0.39 is 5.97 Å². The maximum atomic E-state index is 12.3. The summed E-state index contributed by atoms with van der Waals surface area (Å²) in [4.78, 5) is 28.9. The van der Waals surface area contributed by atoms with Gasteiger partial charge in [0.2, 0.25) is 5.91 Å². The third-order valence-electron chi connectivity index (χ3n) is 3.67. The molecule has 116 valence electrons. The molecule has 1 aromatic rings. The number of morpholine rings is 1. The smallest absolute Gasteiger partial charge is 0.305 e. The van der Waals surface area contributed by atoms with Crippen molar-refractivity contribution >= 4 is 11.9 Å². The van der Waals surface area contributed by atoms with E-state index in [4.69, 9.17) is 9.84 Å². The molecule has 7 nitrogen and oxygen atoms in total. The number of amides is 1. The molecule has 21 heavy (non-hydrogen) atoms. The Morgan fingerprint density at radius 2 is 2.33 bits per heavy atom. The molecular weight excluding hydrogens is 274 g/mol. The number of hydrogen-bond acceptors (Lipinski definition) is 4. The van der Waals surface area contributed by atoms with Crippen LogP contribution in [0.15, 0.2) is 12.4 Å². The van der Waals surface area contributed by atoms with Crippen molar-refractivity contribution in [2.45, 2.75) is 38.8 Å². The summed E-state index contributed by atoms with van der Waals surface area (Å²) < 4.78 is 7.27. The van der Waals surface area contributed by atoms with Gasteiger partial charge in [0.25, 0.3) is 0 Å². The van der Waals surface area contributed by atoms with Crippen LogP contribution >= 0.6 is 0 Å². The van der Waals surface area contributed by atoms with Crippen LogP contribution in [0.2, 0.25) is 0 Å². The van der Waals surface area contributed by atoms with E-state index >= 15 is 0 Å². The average Bonchev–Trinajstić information content (AvgIpc) is 2.84. The van der Waals surface area contributed by atoms with Crippen LogP contribution in [0.5, 0.6) is 0 Å². The van der Waals surface area contributed by atoms with Gasteiger partial charge >= 0.3 is 5.97 Å². The summed E-state index contributed by atoms with van der Waals surface area (Å²) in [6, 6.07) is -0.348. The first-order valence-electron chi connectivity index (χ1n) is 7.14. The lowest BCUT2D eigenvalue weighted by molar-refractivity contribution is -0.146. The molecule has 0 bridgehead atoms. The third kappa shape index (κ3) is 4.29. The zero-order valence-corrected chi connectivity index (χ0v) is 12.2. The number of carboxylic acid groups (broad SMARTS) is 1. The molecule has 1 saturated heterocycles. The van der Waals surface area contributed by atoms with Gasteiger partial charge in [0.15, 0.2) is 0 Å². The van der Waals surface area contributed by atoms with E-state index in [0.717, 1.165) is 12.4 Å². The molecule has 2 heterocycles. The molecule has 7 heteroatoms. The number of imidazole rings is 1. The van der Waals surface area contributed by atoms with Crippen LogP contribution in [0.3, 0.4) is 0 Å². The third-order valence-corrected chi connectivity index (χ3v) is 3.67. The molecule has 1 aromatic heterocycles. The van der Waals surface area contributed by atoms with Crippen molar-refractivity contribution in [3.63, 3.8) is 0 Å². The lowest BCUT2D eigenvalue weighted by Crippen LogP contribution is -2.49. The van der Waals surface area contributed by atoms with Crippen molar-refractivity contribution < 1.29 is 19.4 Å². The lowest BCUT2D eigenvalue weighted by atomic mass is 10.1. The molecule has 1 aliphatic rings. The van der Waals surface area contributed by atoms with Crippen LogP contribution in [0.4, 0.5) is 0 Å². The molecule has 0 saturated carbocycles. The van der Waals surface area contributed by atoms with Crippen molar-refractivity contribution in [1.82, 2.24) is 14.5 Å². The standard InChI is InChI=1S/C14H21N3O4/c1-11-15-4-6-16(11)5-2-3-13(18)17-7-8-21-10-12(17)9-14(19)20/h4,6,12H,2-3,5,7-10H2,1H3,(H,19,20)/t12-/m0/s1. The van der Waals surface area contributed by atoms with Gasteiger partial charge in [-0.1, -0.05) is 0 Å². The number of carbonyl (C=O) groups excluding carboxylic acids is 1. The maximum absolute atomic E-state index is 12.3. The van der Waals surface area contributed by atoms with Crippen molar-refractivity contribution in [1.29, 1.82) is 0 Å². The fourth-order valence-corrected chi connectivity index (χ4v) is 2.54. The zero-order chi connectivity index (χ0) is 15.2. The van der Waals surface area contributed by atoms with Gasteiger partial charge in [-0.05, 0) is 13.3 Å². The molecule has 0 radical (unpaired) electrons. The minimum Gasteiger partial charge on any atom is -0.481 e. The molecule has 0 aliphatic carbocycles. The number of carboxylic acids is 1. The van der Waals surface area contributed by atoms with E-state index in [1.807, 2.05) is 17.7 Å². The van der Waals surface area contributed by atoms with Crippen molar-refractivity contribution in [2.75, 3.05) is 19.8 Å². The highest BCUT2D eigenvalue weighted by atomic mass is 16.5. The second kappa shape index (κ2) is 7.21. The van der Waals surface area contributed by atoms with E-state index in [9.17, 15) is 9.59 Å². The number of aliphatic carboxylic acids is 1. The highest BCUT2D eigenvalue weighted by Gasteiger charge is 2.28. The van der Waals surface area contributed by atoms with Gasteiger partial charge < -0.3 is 19.3 Å². The molecule has 0 unspecified atom stereocenters. The maximum Gasteiger partial charge on any atom is 0.305 e. The van der Waals surface area contributed by atoms with E-state index in [1.165, 1.54) is 0 Å². The van der Waals surface area contributed by atoms with Crippen molar-refractivity contribution in [3.8, 4) is 0 Å². The van der Waals surface area contributed by atoms with Crippen LogP contribution in [0, 0.1) is 6.92 Å². The molecule has 2 rings (SSSR count). The number of rotatable bonds is 6. The predicted octanol–water partition coefficient (Wildman–Crippen LogP) is 0.674. The Kier molecular flexibility index (Phi) is 5.32. The monoisotopic (exact) mass is 295 g/mol. The topological polar surface area (TPSA) is 84.7 Å². The lowest BCUT2D eigenvalue weighted by Gasteiger charge is -2.35. The van der Waals surface area contributed by atoms with Crippen molar-refractivity contribution in [3.05, 3.63) is 18.2 Å². The average molecular weight is 295 g/mol. The second-order valence-electron chi connectivity index (χ2n) is 5.19. The molecule has 0 aromatic carbocycles. The first kappa shape index (κ1) is 15.5. The zero-order valence-electron chi connectivity index (χ0n) is 12.2. The number of nitrogens with zero attached hydrogens (tertiary/aromatic N) is 3. The van der Waals surface area contributed by atoms with Crippen LogP contribution in [-0.4, -0.2) is 57.2 Å². The predicted molar refractivity (Wildman–Crippen MR) is 74.8 cm³/mol. The van der Waals surface area contributed by atoms with Gasteiger partial charge in [0.05, 0.1) is 25.7 Å². The molecule has 1 N–H and O–H groups in total. The van der Waals surface area contributed by atoms with Gasteiger partial charge in [0.1, 0.15) is 5.82 Å². The summed E-state index contributed by atoms with van der Waals surface area (Å²) in [5.74, 6) is 0.0252. The Hall–Kier alpha value is -1.89. The van der Waals surface area contributed by atoms with Gasteiger partial charge in [-0.3, -0.25) is 9.59 Å². The quantitative estimate of drug-likeness (QED) is 0.834. The Morgan fingerprint density at radius 1 is 1.52 bits per heavy atom. The molecule has 1 fully saturated rings. The summed E-state index contributed by atoms with van der Waals surface area (Å²) in [5, 5.41) is 8.89. The van der Waals surface area contributed by atoms with E-state index in [-0.39, 0.29) is 18.4 Å². The number of hydrogen-bond donors (Lipinski definition) is 1. The SMILES string of the molecule is Cc1nccn1CCCC(=O)N1CCOC[C@@H]1CC(=O)O. The van der Waals surface area contributed by atoms with Gasteiger partial charge in [0, 0.05) is 31.9 Å². The highest BCUT2D eigenvalue weighted by Crippen LogP contribution is 2.13. The van der Waals surface area contributed by atoms with Gasteiger partial charge in [-0.25, -0.2) is 4.98 Å². The van der Waals surface area contributed by atoms with Crippen LogP contribution < -0.4 is 0 Å². The summed E-state index contributed by atoms with van der Waals surface area (Å²) in [6.07, 6.45) is 4.69. The normalized spacial score (nSPS) is 18.7. The van der Waals surface area contributed by atoms with E-state index in [0.29, 0.717) is 32.6 Å². The Labute approximate surface area is 123 Å². The number of ether oxygens (including phenoxy) is 1. The fourth-order valence-electron chi connectivity index (χ4n) is 2.54. The van der Waals surface area contributed by atoms with E-state index in [1.54, 1.807) is 11.1 Å². The molecule has 1 aliphatic heterocycles. The first-order valence-corrected chi connectivity index (χ1v) is 7.14.